The summed E-state index contributed by atoms with van der Waals surface area (Å²) >= 11 is 0. The van der Waals surface area contributed by atoms with Gasteiger partial charge in [-0.05, 0) is 18.9 Å². The molecule has 6 heteroatoms. The Bertz CT molecular complexity index is 495. The van der Waals surface area contributed by atoms with Crippen molar-refractivity contribution in [1.82, 2.24) is 0 Å². The largest absolute Gasteiger partial charge is 0.494 e. The van der Waals surface area contributed by atoms with Gasteiger partial charge in [-0.3, -0.25) is 14.9 Å². The summed E-state index contributed by atoms with van der Waals surface area (Å²) in [4.78, 5) is 22.2. The molecule has 1 aromatic carbocycles. The molecule has 0 aliphatic heterocycles. The number of anilines is 1. The van der Waals surface area contributed by atoms with Gasteiger partial charge in [0.25, 0.3) is 5.69 Å². The van der Waals surface area contributed by atoms with E-state index >= 15 is 0 Å². The molecule has 0 radical (unpaired) electrons. The van der Waals surface area contributed by atoms with Crippen LogP contribution < -0.4 is 10.1 Å². The van der Waals surface area contributed by atoms with Gasteiger partial charge in [-0.1, -0.05) is 12.8 Å². The van der Waals surface area contributed by atoms with Crippen LogP contribution in [0.2, 0.25) is 0 Å². The zero-order valence-corrected chi connectivity index (χ0v) is 10.7. The van der Waals surface area contributed by atoms with E-state index in [0.717, 1.165) is 25.7 Å². The van der Waals surface area contributed by atoms with E-state index in [-0.39, 0.29) is 17.5 Å². The van der Waals surface area contributed by atoms with Crippen molar-refractivity contribution in [1.29, 1.82) is 0 Å². The predicted octanol–water partition coefficient (Wildman–Crippen LogP) is 2.73. The van der Waals surface area contributed by atoms with Gasteiger partial charge in [0.2, 0.25) is 5.91 Å². The van der Waals surface area contributed by atoms with Crippen LogP contribution in [0.5, 0.6) is 5.75 Å². The molecule has 1 aliphatic carbocycles. The number of hydrogen-bond acceptors (Lipinski definition) is 4. The van der Waals surface area contributed by atoms with E-state index in [1.165, 1.54) is 25.3 Å². The van der Waals surface area contributed by atoms with Gasteiger partial charge in [-0.25, -0.2) is 0 Å². The lowest BCUT2D eigenvalue weighted by Crippen LogP contribution is -2.20. The number of benzene rings is 1. The molecule has 0 aromatic heterocycles. The quantitative estimate of drug-likeness (QED) is 0.669. The van der Waals surface area contributed by atoms with Gasteiger partial charge in [0, 0.05) is 12.0 Å². The smallest absolute Gasteiger partial charge is 0.273 e. The van der Waals surface area contributed by atoms with Gasteiger partial charge in [0.15, 0.2) is 0 Å². The number of nitro groups is 1. The fourth-order valence-electron chi connectivity index (χ4n) is 2.32. The molecule has 0 bridgehead atoms. The lowest BCUT2D eigenvalue weighted by atomic mass is 10.1. The summed E-state index contributed by atoms with van der Waals surface area (Å²) in [6, 6.07) is 4.17. The number of carbonyl (C=O) groups is 1. The average Bonchev–Trinajstić information content (AvgIpc) is 2.92. The molecule has 0 atom stereocenters. The number of non-ortho nitro benzene ring substituents is 1. The fourth-order valence-corrected chi connectivity index (χ4v) is 2.32. The maximum atomic E-state index is 12.0. The molecule has 1 N–H and O–H groups in total. The highest BCUT2D eigenvalue weighted by Gasteiger charge is 2.23. The van der Waals surface area contributed by atoms with Crippen molar-refractivity contribution in [3.63, 3.8) is 0 Å². The van der Waals surface area contributed by atoms with Crippen LogP contribution >= 0.6 is 0 Å². The number of ether oxygens (including phenoxy) is 1. The minimum atomic E-state index is -0.495. The van der Waals surface area contributed by atoms with Crippen LogP contribution in [0.4, 0.5) is 11.4 Å². The Hall–Kier alpha value is -2.11. The topological polar surface area (TPSA) is 81.5 Å². The summed E-state index contributed by atoms with van der Waals surface area (Å²) < 4.78 is 5.08. The molecule has 19 heavy (non-hydrogen) atoms. The predicted molar refractivity (Wildman–Crippen MR) is 70.2 cm³/mol. The second kappa shape index (κ2) is 5.69. The van der Waals surface area contributed by atoms with E-state index in [9.17, 15) is 14.9 Å². The second-order valence-corrected chi connectivity index (χ2v) is 4.61. The monoisotopic (exact) mass is 264 g/mol. The first-order valence-electron chi connectivity index (χ1n) is 6.25. The van der Waals surface area contributed by atoms with Gasteiger partial charge >= 0.3 is 0 Å². The normalized spacial score (nSPS) is 15.2. The van der Waals surface area contributed by atoms with Crippen molar-refractivity contribution in [3.05, 3.63) is 28.3 Å². The summed E-state index contributed by atoms with van der Waals surface area (Å²) in [6.45, 7) is 0. The molecular weight excluding hydrogens is 248 g/mol. The molecule has 1 aliphatic rings. The molecule has 2 rings (SSSR count). The van der Waals surface area contributed by atoms with Crippen LogP contribution in [-0.2, 0) is 4.79 Å². The van der Waals surface area contributed by atoms with Crippen LogP contribution in [-0.4, -0.2) is 17.9 Å². The Kier molecular flexibility index (Phi) is 3.99. The second-order valence-electron chi connectivity index (χ2n) is 4.61. The van der Waals surface area contributed by atoms with E-state index in [2.05, 4.69) is 5.32 Å². The summed E-state index contributed by atoms with van der Waals surface area (Å²) in [5.74, 6) is 0.310. The van der Waals surface area contributed by atoms with Crippen molar-refractivity contribution in [2.45, 2.75) is 25.7 Å². The fraction of sp³-hybridized carbons (Fsp3) is 0.462. The molecule has 102 valence electrons. The lowest BCUT2D eigenvalue weighted by molar-refractivity contribution is -0.384. The number of hydrogen-bond donors (Lipinski definition) is 1. The van der Waals surface area contributed by atoms with Crippen LogP contribution in [0, 0.1) is 16.0 Å². The first kappa shape index (κ1) is 13.3. The van der Waals surface area contributed by atoms with Gasteiger partial charge < -0.3 is 10.1 Å². The highest BCUT2D eigenvalue weighted by Crippen LogP contribution is 2.31. The van der Waals surface area contributed by atoms with Crippen LogP contribution in [0.1, 0.15) is 25.7 Å². The van der Waals surface area contributed by atoms with E-state index in [4.69, 9.17) is 4.74 Å². The van der Waals surface area contributed by atoms with E-state index in [1.54, 1.807) is 0 Å². The van der Waals surface area contributed by atoms with E-state index < -0.39 is 4.92 Å². The molecule has 0 saturated heterocycles. The van der Waals surface area contributed by atoms with Gasteiger partial charge in [-0.15, -0.1) is 0 Å². The van der Waals surface area contributed by atoms with Crippen molar-refractivity contribution in [2.75, 3.05) is 12.4 Å². The Morgan fingerprint density at radius 1 is 1.42 bits per heavy atom. The number of amides is 1. The Morgan fingerprint density at radius 3 is 2.68 bits per heavy atom. The molecule has 6 nitrogen and oxygen atoms in total. The maximum Gasteiger partial charge on any atom is 0.273 e. The van der Waals surface area contributed by atoms with Gasteiger partial charge in [0.05, 0.1) is 23.8 Å². The lowest BCUT2D eigenvalue weighted by Gasteiger charge is -2.13. The Balaban J connectivity index is 2.15. The first-order valence-corrected chi connectivity index (χ1v) is 6.25. The van der Waals surface area contributed by atoms with Crippen LogP contribution in [0.25, 0.3) is 0 Å². The van der Waals surface area contributed by atoms with E-state index in [0.29, 0.717) is 11.4 Å². The first-order chi connectivity index (χ1) is 9.11. The highest BCUT2D eigenvalue weighted by atomic mass is 16.6. The van der Waals surface area contributed by atoms with Gasteiger partial charge in [0.1, 0.15) is 5.75 Å². The summed E-state index contributed by atoms with van der Waals surface area (Å²) in [5.41, 5.74) is 0.417. The summed E-state index contributed by atoms with van der Waals surface area (Å²) in [7, 11) is 1.42. The third-order valence-electron chi connectivity index (χ3n) is 3.38. The molecular formula is C13H16N2O4. The SMILES string of the molecule is COc1cc([N+](=O)[O-])ccc1NC(=O)C1CCCC1. The molecule has 0 heterocycles. The summed E-state index contributed by atoms with van der Waals surface area (Å²) in [6.07, 6.45) is 3.97. The Labute approximate surface area is 110 Å². The standard InChI is InChI=1S/C13H16N2O4/c1-19-12-8-10(15(17)18)6-7-11(12)14-13(16)9-4-2-3-5-9/h6-9H,2-5H2,1H3,(H,14,16). The van der Waals surface area contributed by atoms with Crippen molar-refractivity contribution in [3.8, 4) is 5.75 Å². The minimum absolute atomic E-state index is 0.0374. The average molecular weight is 264 g/mol. The van der Waals surface area contributed by atoms with Gasteiger partial charge in [-0.2, -0.15) is 0 Å². The Morgan fingerprint density at radius 2 is 2.11 bits per heavy atom. The molecule has 1 amide bonds. The minimum Gasteiger partial charge on any atom is -0.494 e. The van der Waals surface area contributed by atoms with Crippen LogP contribution in [0.15, 0.2) is 18.2 Å². The number of rotatable bonds is 4. The number of nitro benzene ring substituents is 1. The van der Waals surface area contributed by atoms with Crippen molar-refractivity contribution in [2.24, 2.45) is 5.92 Å². The maximum absolute atomic E-state index is 12.0. The molecule has 1 aromatic rings. The zero-order valence-electron chi connectivity index (χ0n) is 10.7. The number of nitrogens with one attached hydrogen (secondary N) is 1. The van der Waals surface area contributed by atoms with Crippen molar-refractivity contribution >= 4 is 17.3 Å². The summed E-state index contributed by atoms with van der Waals surface area (Å²) in [5, 5.41) is 13.5. The number of methoxy groups -OCH3 is 1. The third kappa shape index (κ3) is 3.01. The van der Waals surface area contributed by atoms with E-state index in [1.807, 2.05) is 0 Å². The number of carbonyl (C=O) groups excluding carboxylic acids is 1. The zero-order chi connectivity index (χ0) is 13.8. The molecule has 0 unspecified atom stereocenters. The molecule has 0 spiro atoms. The third-order valence-corrected chi connectivity index (χ3v) is 3.38. The molecule has 1 saturated carbocycles. The highest BCUT2D eigenvalue weighted by molar-refractivity contribution is 5.94. The van der Waals surface area contributed by atoms with Crippen molar-refractivity contribution < 1.29 is 14.5 Å². The number of nitrogens with zero attached hydrogens (tertiary/aromatic N) is 1. The van der Waals surface area contributed by atoms with Crippen LogP contribution in [0.3, 0.4) is 0 Å². The molecule has 1 fully saturated rings.